The molecule has 1 aliphatic rings. The van der Waals surface area contributed by atoms with E-state index in [1.54, 1.807) is 0 Å². The van der Waals surface area contributed by atoms with Crippen LogP contribution in [0.3, 0.4) is 0 Å². The third kappa shape index (κ3) is 2.01. The lowest BCUT2D eigenvalue weighted by atomic mass is 9.66. The average Bonchev–Trinajstić information content (AvgIpc) is 2.33. The second kappa shape index (κ2) is 4.25. The van der Waals surface area contributed by atoms with Gasteiger partial charge in [-0.2, -0.15) is 4.91 Å². The monoisotopic (exact) mass is 231 g/mol. The zero-order valence-electron chi connectivity index (χ0n) is 11.2. The molecule has 1 aliphatic carbocycles. The van der Waals surface area contributed by atoms with E-state index in [0.717, 1.165) is 12.0 Å². The van der Waals surface area contributed by atoms with Crippen LogP contribution in [-0.2, 0) is 11.8 Å². The summed E-state index contributed by atoms with van der Waals surface area (Å²) in [6.45, 7) is 8.81. The van der Waals surface area contributed by atoms with E-state index in [1.807, 2.05) is 6.92 Å². The Morgan fingerprint density at radius 2 is 2.12 bits per heavy atom. The fourth-order valence-electron chi connectivity index (χ4n) is 2.77. The number of nitroso groups, excluding NO2 is 1. The summed E-state index contributed by atoms with van der Waals surface area (Å²) in [5, 5.41) is 3.11. The van der Waals surface area contributed by atoms with Crippen molar-refractivity contribution in [3.63, 3.8) is 0 Å². The molecule has 2 atom stereocenters. The number of hydrogen-bond acceptors (Lipinski definition) is 2. The van der Waals surface area contributed by atoms with Gasteiger partial charge in [0.15, 0.2) is 0 Å². The van der Waals surface area contributed by atoms with Crippen LogP contribution >= 0.6 is 0 Å². The van der Waals surface area contributed by atoms with Gasteiger partial charge >= 0.3 is 0 Å². The summed E-state index contributed by atoms with van der Waals surface area (Å²) in [5.41, 5.74) is 4.13. The molecule has 2 heteroatoms. The van der Waals surface area contributed by atoms with E-state index in [0.29, 0.717) is 5.92 Å². The lowest BCUT2D eigenvalue weighted by Gasteiger charge is -2.39. The smallest absolute Gasteiger partial charge is 0.114 e. The fraction of sp³-hybridized carbons (Fsp3) is 0.600. The summed E-state index contributed by atoms with van der Waals surface area (Å²) < 4.78 is 0. The van der Waals surface area contributed by atoms with E-state index in [4.69, 9.17) is 0 Å². The molecule has 2 rings (SSSR count). The van der Waals surface area contributed by atoms with Crippen LogP contribution in [0.2, 0.25) is 0 Å². The SMILES string of the molecule is CC(N=O)c1ccc2c(c1)CCC(C)C2(C)C. The van der Waals surface area contributed by atoms with Gasteiger partial charge in [-0.15, -0.1) is 0 Å². The summed E-state index contributed by atoms with van der Waals surface area (Å²) >= 11 is 0. The number of rotatable bonds is 2. The average molecular weight is 231 g/mol. The molecular weight excluding hydrogens is 210 g/mol. The minimum atomic E-state index is -0.234. The number of fused-ring (bicyclic) bond motifs is 1. The lowest BCUT2D eigenvalue weighted by molar-refractivity contribution is 0.302. The molecule has 0 saturated heterocycles. The minimum absolute atomic E-state index is 0.234. The van der Waals surface area contributed by atoms with Crippen LogP contribution in [0, 0.1) is 10.8 Å². The Balaban J connectivity index is 2.45. The van der Waals surface area contributed by atoms with Gasteiger partial charge in [0, 0.05) is 0 Å². The molecule has 1 aromatic rings. The molecule has 2 nitrogen and oxygen atoms in total. The predicted molar refractivity (Wildman–Crippen MR) is 71.2 cm³/mol. The van der Waals surface area contributed by atoms with Crippen molar-refractivity contribution in [1.82, 2.24) is 0 Å². The van der Waals surface area contributed by atoms with Gasteiger partial charge < -0.3 is 0 Å². The Labute approximate surface area is 103 Å². The molecule has 0 N–H and O–H groups in total. The minimum Gasteiger partial charge on any atom is -0.150 e. The van der Waals surface area contributed by atoms with Crippen molar-refractivity contribution >= 4 is 0 Å². The number of aryl methyl sites for hydroxylation is 1. The molecule has 0 bridgehead atoms. The van der Waals surface area contributed by atoms with Gasteiger partial charge in [0.1, 0.15) is 6.04 Å². The van der Waals surface area contributed by atoms with Crippen molar-refractivity contribution in [2.75, 3.05) is 0 Å². The molecule has 0 aromatic heterocycles. The second-order valence-corrected chi connectivity index (χ2v) is 5.86. The van der Waals surface area contributed by atoms with Gasteiger partial charge in [-0.3, -0.25) is 0 Å². The largest absolute Gasteiger partial charge is 0.150 e. The van der Waals surface area contributed by atoms with Crippen LogP contribution in [0.15, 0.2) is 23.4 Å². The van der Waals surface area contributed by atoms with E-state index >= 15 is 0 Å². The second-order valence-electron chi connectivity index (χ2n) is 5.86. The molecule has 92 valence electrons. The van der Waals surface area contributed by atoms with Crippen LogP contribution < -0.4 is 0 Å². The summed E-state index contributed by atoms with van der Waals surface area (Å²) in [6.07, 6.45) is 2.35. The Hall–Kier alpha value is -1.18. The summed E-state index contributed by atoms with van der Waals surface area (Å²) in [4.78, 5) is 10.6. The summed E-state index contributed by atoms with van der Waals surface area (Å²) in [5.74, 6) is 0.711. The number of benzene rings is 1. The van der Waals surface area contributed by atoms with Gasteiger partial charge in [0.05, 0.1) is 0 Å². The maximum atomic E-state index is 10.6. The van der Waals surface area contributed by atoms with Gasteiger partial charge in [-0.25, -0.2) is 0 Å². The number of hydrogen-bond donors (Lipinski definition) is 0. The van der Waals surface area contributed by atoms with Crippen LogP contribution in [0.25, 0.3) is 0 Å². The Morgan fingerprint density at radius 3 is 2.76 bits per heavy atom. The van der Waals surface area contributed by atoms with Gasteiger partial charge in [-0.05, 0) is 47.8 Å². The highest BCUT2D eigenvalue weighted by Gasteiger charge is 2.33. The molecule has 0 spiro atoms. The van der Waals surface area contributed by atoms with Gasteiger partial charge in [-0.1, -0.05) is 44.1 Å². The molecule has 0 saturated carbocycles. The van der Waals surface area contributed by atoms with Crippen molar-refractivity contribution in [2.45, 2.75) is 52.0 Å². The zero-order valence-corrected chi connectivity index (χ0v) is 11.2. The lowest BCUT2D eigenvalue weighted by Crippen LogP contribution is -2.32. The van der Waals surface area contributed by atoms with E-state index in [9.17, 15) is 4.91 Å². The predicted octanol–water partition coefficient (Wildman–Crippen LogP) is 4.37. The molecule has 0 fully saturated rings. The molecule has 0 amide bonds. The maximum Gasteiger partial charge on any atom is 0.114 e. The molecule has 0 heterocycles. The maximum absolute atomic E-state index is 10.6. The highest BCUT2D eigenvalue weighted by Crippen LogP contribution is 2.41. The number of nitrogens with zero attached hydrogens (tertiary/aromatic N) is 1. The first-order chi connectivity index (χ1) is 7.96. The van der Waals surface area contributed by atoms with Crippen molar-refractivity contribution in [2.24, 2.45) is 11.1 Å². The van der Waals surface area contributed by atoms with E-state index < -0.39 is 0 Å². The zero-order chi connectivity index (χ0) is 12.6. The standard InChI is InChI=1S/C15H21NO/c1-10-5-6-13-9-12(11(2)16-17)7-8-14(13)15(10,3)4/h7-11H,5-6H2,1-4H3. The first kappa shape index (κ1) is 12.3. The molecule has 0 radical (unpaired) electrons. The molecular formula is C15H21NO. The molecule has 0 aliphatic heterocycles. The van der Waals surface area contributed by atoms with Gasteiger partial charge in [0.2, 0.25) is 0 Å². The van der Waals surface area contributed by atoms with Crippen LogP contribution in [0.1, 0.15) is 56.8 Å². The fourth-order valence-corrected chi connectivity index (χ4v) is 2.77. The highest BCUT2D eigenvalue weighted by atomic mass is 16.3. The first-order valence-corrected chi connectivity index (χ1v) is 6.42. The normalized spacial score (nSPS) is 23.9. The summed E-state index contributed by atoms with van der Waals surface area (Å²) in [6, 6.07) is 6.20. The third-order valence-electron chi connectivity index (χ3n) is 4.54. The van der Waals surface area contributed by atoms with E-state index in [1.165, 1.54) is 17.5 Å². The van der Waals surface area contributed by atoms with Gasteiger partial charge in [0.25, 0.3) is 0 Å². The van der Waals surface area contributed by atoms with Crippen molar-refractivity contribution in [1.29, 1.82) is 0 Å². The third-order valence-corrected chi connectivity index (χ3v) is 4.54. The van der Waals surface area contributed by atoms with Crippen LogP contribution in [0.5, 0.6) is 0 Å². The van der Waals surface area contributed by atoms with E-state index in [-0.39, 0.29) is 11.5 Å². The van der Waals surface area contributed by atoms with E-state index in [2.05, 4.69) is 44.1 Å². The first-order valence-electron chi connectivity index (χ1n) is 6.42. The van der Waals surface area contributed by atoms with Crippen molar-refractivity contribution in [3.05, 3.63) is 39.8 Å². The molecule has 2 unspecified atom stereocenters. The Bertz CT molecular complexity index is 437. The molecule has 1 aromatic carbocycles. The molecule has 17 heavy (non-hydrogen) atoms. The topological polar surface area (TPSA) is 29.4 Å². The van der Waals surface area contributed by atoms with Crippen LogP contribution in [-0.4, -0.2) is 0 Å². The highest BCUT2D eigenvalue weighted by molar-refractivity contribution is 5.40. The quantitative estimate of drug-likeness (QED) is 0.695. The van der Waals surface area contributed by atoms with Crippen molar-refractivity contribution in [3.8, 4) is 0 Å². The van der Waals surface area contributed by atoms with Crippen molar-refractivity contribution < 1.29 is 0 Å². The summed E-state index contributed by atoms with van der Waals surface area (Å²) in [7, 11) is 0. The van der Waals surface area contributed by atoms with Crippen LogP contribution in [0.4, 0.5) is 0 Å². The Kier molecular flexibility index (Phi) is 3.07. The Morgan fingerprint density at radius 1 is 1.41 bits per heavy atom.